The molecule has 0 bridgehead atoms. The zero-order valence-corrected chi connectivity index (χ0v) is 15.5. The van der Waals surface area contributed by atoms with E-state index >= 15 is 0 Å². The normalized spacial score (nSPS) is 17.3. The summed E-state index contributed by atoms with van der Waals surface area (Å²) < 4.78 is 6.25. The molecule has 5 nitrogen and oxygen atoms in total. The first-order valence-electron chi connectivity index (χ1n) is 9.24. The lowest BCUT2D eigenvalue weighted by Crippen LogP contribution is -2.58. The summed E-state index contributed by atoms with van der Waals surface area (Å²) >= 11 is 0. The fourth-order valence-electron chi connectivity index (χ4n) is 3.32. The van der Waals surface area contributed by atoms with E-state index in [2.05, 4.69) is 15.6 Å². The van der Waals surface area contributed by atoms with E-state index in [1.54, 1.807) is 12.4 Å². The van der Waals surface area contributed by atoms with Crippen LogP contribution in [0.1, 0.15) is 30.9 Å². The highest BCUT2D eigenvalue weighted by Gasteiger charge is 2.42. The van der Waals surface area contributed by atoms with Gasteiger partial charge >= 0.3 is 0 Å². The Labute approximate surface area is 155 Å². The third kappa shape index (κ3) is 4.61. The summed E-state index contributed by atoms with van der Waals surface area (Å²) in [6, 6.07) is 11.9. The molecule has 3 rings (SSSR count). The highest BCUT2D eigenvalue weighted by Crippen LogP contribution is 2.27. The average Bonchev–Trinajstić information content (AvgIpc) is 2.65. The topological polar surface area (TPSA) is 63.2 Å². The van der Waals surface area contributed by atoms with Crippen LogP contribution in [0.4, 0.5) is 0 Å². The number of carbonyl (C=O) groups excluding carboxylic acids is 1. The Morgan fingerprint density at radius 2 is 1.85 bits per heavy atom. The molecule has 1 saturated heterocycles. The number of nitrogens with zero attached hydrogens (tertiary/aromatic N) is 1. The van der Waals surface area contributed by atoms with E-state index in [0.717, 1.165) is 30.8 Å². The van der Waals surface area contributed by atoms with Crippen LogP contribution in [0.15, 0.2) is 48.8 Å². The number of ether oxygens (including phenoxy) is 1. The van der Waals surface area contributed by atoms with Crippen molar-refractivity contribution >= 4 is 5.91 Å². The molecular weight excluding hydrogens is 326 g/mol. The van der Waals surface area contributed by atoms with Gasteiger partial charge in [-0.25, -0.2) is 0 Å². The van der Waals surface area contributed by atoms with Gasteiger partial charge in [-0.2, -0.15) is 0 Å². The predicted octanol–water partition coefficient (Wildman–Crippen LogP) is 2.64. The number of aryl methyl sites for hydroxylation is 1. The van der Waals surface area contributed by atoms with Crippen molar-refractivity contribution < 1.29 is 9.53 Å². The van der Waals surface area contributed by atoms with Crippen molar-refractivity contribution in [3.63, 3.8) is 0 Å². The molecule has 138 valence electrons. The molecule has 1 aliphatic rings. The SMILES string of the molecule is Cc1ccc(OC2(C(=O)N[C@@H](C)Cc3ccncc3)CCNCC2)cc1. The Bertz CT molecular complexity index is 710. The van der Waals surface area contributed by atoms with Gasteiger partial charge in [-0.3, -0.25) is 9.78 Å². The van der Waals surface area contributed by atoms with E-state index in [1.807, 2.05) is 50.2 Å². The van der Waals surface area contributed by atoms with Gasteiger partial charge in [-0.15, -0.1) is 0 Å². The molecule has 1 aromatic carbocycles. The van der Waals surface area contributed by atoms with Crippen molar-refractivity contribution in [1.29, 1.82) is 0 Å². The van der Waals surface area contributed by atoms with Crippen LogP contribution >= 0.6 is 0 Å². The standard InChI is InChI=1S/C21H27N3O2/c1-16-3-5-19(6-4-16)26-21(9-13-23-14-10-21)20(25)24-17(2)15-18-7-11-22-12-8-18/h3-8,11-12,17,23H,9-10,13-15H2,1-2H3,(H,24,25)/t17-/m0/s1. The summed E-state index contributed by atoms with van der Waals surface area (Å²) in [4.78, 5) is 17.2. The number of amides is 1. The second-order valence-electron chi connectivity index (χ2n) is 7.09. The maximum absolute atomic E-state index is 13.1. The first kappa shape index (κ1) is 18.4. The van der Waals surface area contributed by atoms with Gasteiger partial charge in [0.1, 0.15) is 5.75 Å². The van der Waals surface area contributed by atoms with Gasteiger partial charge in [-0.05, 0) is 63.2 Å². The molecule has 1 fully saturated rings. The minimum Gasteiger partial charge on any atom is -0.477 e. The number of rotatable bonds is 6. The maximum atomic E-state index is 13.1. The Kier molecular flexibility index (Phi) is 5.89. The Hall–Kier alpha value is -2.40. The fraction of sp³-hybridized carbons (Fsp3) is 0.429. The van der Waals surface area contributed by atoms with E-state index in [1.165, 1.54) is 5.56 Å². The highest BCUT2D eigenvalue weighted by molar-refractivity contribution is 5.86. The number of hydrogen-bond donors (Lipinski definition) is 2. The zero-order chi connectivity index (χ0) is 18.4. The van der Waals surface area contributed by atoms with E-state index in [-0.39, 0.29) is 11.9 Å². The molecule has 1 atom stereocenters. The predicted molar refractivity (Wildman–Crippen MR) is 102 cm³/mol. The average molecular weight is 353 g/mol. The van der Waals surface area contributed by atoms with E-state index in [0.29, 0.717) is 12.8 Å². The molecule has 2 heterocycles. The minimum atomic E-state index is -0.812. The van der Waals surface area contributed by atoms with Crippen LogP contribution in [-0.2, 0) is 11.2 Å². The maximum Gasteiger partial charge on any atom is 0.264 e. The number of aromatic nitrogens is 1. The van der Waals surface area contributed by atoms with E-state index in [4.69, 9.17) is 4.74 Å². The van der Waals surface area contributed by atoms with Crippen molar-refractivity contribution in [2.75, 3.05) is 13.1 Å². The quantitative estimate of drug-likeness (QED) is 0.838. The summed E-state index contributed by atoms with van der Waals surface area (Å²) in [5, 5.41) is 6.47. The lowest BCUT2D eigenvalue weighted by molar-refractivity contribution is -0.139. The number of benzene rings is 1. The minimum absolute atomic E-state index is 0.0262. The third-order valence-corrected chi connectivity index (χ3v) is 4.83. The smallest absolute Gasteiger partial charge is 0.264 e. The molecule has 26 heavy (non-hydrogen) atoms. The molecule has 2 aromatic rings. The van der Waals surface area contributed by atoms with Gasteiger partial charge in [0, 0.05) is 31.3 Å². The van der Waals surface area contributed by atoms with Gasteiger partial charge < -0.3 is 15.4 Å². The third-order valence-electron chi connectivity index (χ3n) is 4.83. The first-order valence-corrected chi connectivity index (χ1v) is 9.24. The largest absolute Gasteiger partial charge is 0.477 e. The lowest BCUT2D eigenvalue weighted by Gasteiger charge is -2.37. The van der Waals surface area contributed by atoms with Crippen LogP contribution in [0.25, 0.3) is 0 Å². The molecule has 0 spiro atoms. The zero-order valence-electron chi connectivity index (χ0n) is 15.5. The number of nitrogens with one attached hydrogen (secondary N) is 2. The van der Waals surface area contributed by atoms with Gasteiger partial charge in [0.2, 0.25) is 0 Å². The van der Waals surface area contributed by atoms with Gasteiger partial charge in [-0.1, -0.05) is 17.7 Å². The Balaban J connectivity index is 1.69. The van der Waals surface area contributed by atoms with Gasteiger partial charge in [0.05, 0.1) is 0 Å². The van der Waals surface area contributed by atoms with Gasteiger partial charge in [0.25, 0.3) is 5.91 Å². The molecule has 5 heteroatoms. The van der Waals surface area contributed by atoms with Crippen LogP contribution in [-0.4, -0.2) is 35.6 Å². The molecule has 1 amide bonds. The van der Waals surface area contributed by atoms with Crippen molar-refractivity contribution in [3.05, 3.63) is 59.9 Å². The molecule has 0 aliphatic carbocycles. The molecule has 1 aromatic heterocycles. The van der Waals surface area contributed by atoms with Crippen LogP contribution < -0.4 is 15.4 Å². The molecular formula is C21H27N3O2. The number of piperidine rings is 1. The number of carbonyl (C=O) groups is 1. The number of hydrogen-bond acceptors (Lipinski definition) is 4. The van der Waals surface area contributed by atoms with Crippen molar-refractivity contribution in [3.8, 4) is 5.75 Å². The monoisotopic (exact) mass is 353 g/mol. The van der Waals surface area contributed by atoms with Crippen LogP contribution in [0.3, 0.4) is 0 Å². The van der Waals surface area contributed by atoms with Crippen molar-refractivity contribution in [1.82, 2.24) is 15.6 Å². The highest BCUT2D eigenvalue weighted by atomic mass is 16.5. The van der Waals surface area contributed by atoms with Crippen LogP contribution in [0, 0.1) is 6.92 Å². The fourth-order valence-corrected chi connectivity index (χ4v) is 3.32. The van der Waals surface area contributed by atoms with Crippen LogP contribution in [0.2, 0.25) is 0 Å². The van der Waals surface area contributed by atoms with Crippen LogP contribution in [0.5, 0.6) is 5.75 Å². The molecule has 0 radical (unpaired) electrons. The van der Waals surface area contributed by atoms with Crippen molar-refractivity contribution in [2.24, 2.45) is 0 Å². The number of pyridine rings is 1. The molecule has 1 aliphatic heterocycles. The van der Waals surface area contributed by atoms with Crippen molar-refractivity contribution in [2.45, 2.75) is 44.8 Å². The second-order valence-corrected chi connectivity index (χ2v) is 7.09. The summed E-state index contributed by atoms with van der Waals surface area (Å²) in [6.07, 6.45) is 5.65. The van der Waals surface area contributed by atoms with E-state index in [9.17, 15) is 4.79 Å². The molecule has 0 saturated carbocycles. The Morgan fingerprint density at radius 1 is 1.19 bits per heavy atom. The molecule has 2 N–H and O–H groups in total. The van der Waals surface area contributed by atoms with E-state index < -0.39 is 5.60 Å². The summed E-state index contributed by atoms with van der Waals surface area (Å²) in [5.74, 6) is 0.718. The lowest BCUT2D eigenvalue weighted by atomic mass is 9.90. The summed E-state index contributed by atoms with van der Waals surface area (Å²) in [6.45, 7) is 5.62. The summed E-state index contributed by atoms with van der Waals surface area (Å²) in [7, 11) is 0. The second kappa shape index (κ2) is 8.32. The van der Waals surface area contributed by atoms with Gasteiger partial charge in [0.15, 0.2) is 5.60 Å². The summed E-state index contributed by atoms with van der Waals surface area (Å²) in [5.41, 5.74) is 1.52. The Morgan fingerprint density at radius 3 is 2.50 bits per heavy atom. The molecule has 0 unspecified atom stereocenters. The first-order chi connectivity index (χ1) is 12.6.